The monoisotopic (exact) mass is 344 g/mol. The molecule has 0 aliphatic carbocycles. The quantitative estimate of drug-likeness (QED) is 0.559. The molecule has 0 saturated carbocycles. The van der Waals surface area contributed by atoms with Gasteiger partial charge in [0.1, 0.15) is 12.6 Å². The second-order valence-electron chi connectivity index (χ2n) is 5.32. The summed E-state index contributed by atoms with van der Waals surface area (Å²) in [5.74, 6) is -2.66. The van der Waals surface area contributed by atoms with E-state index in [4.69, 9.17) is 11.5 Å². The molecule has 4 atom stereocenters. The zero-order valence-electron chi connectivity index (χ0n) is 16.1. The molecule has 0 bridgehead atoms. The summed E-state index contributed by atoms with van der Waals surface area (Å²) in [4.78, 5) is 44.4. The average Bonchev–Trinajstić information content (AvgIpc) is 2.60. The summed E-state index contributed by atoms with van der Waals surface area (Å²) in [5, 5.41) is 0. The number of nitrogens with two attached hydrogens (primary N) is 2. The van der Waals surface area contributed by atoms with Gasteiger partial charge in [-0.25, -0.2) is 0 Å². The topological polar surface area (TPSA) is 120 Å². The molecule has 0 aromatic carbocycles. The van der Waals surface area contributed by atoms with E-state index in [0.29, 0.717) is 19.3 Å². The Morgan fingerprint density at radius 3 is 1.54 bits per heavy atom. The van der Waals surface area contributed by atoms with Crippen molar-refractivity contribution in [2.75, 3.05) is 0 Å². The summed E-state index contributed by atoms with van der Waals surface area (Å²) in [6.45, 7) is 11.5. The van der Waals surface area contributed by atoms with Crippen molar-refractivity contribution in [3.8, 4) is 0 Å². The van der Waals surface area contributed by atoms with Gasteiger partial charge in [-0.3, -0.25) is 9.59 Å². The van der Waals surface area contributed by atoms with Gasteiger partial charge in [0.2, 0.25) is 11.8 Å². The van der Waals surface area contributed by atoms with Crippen LogP contribution >= 0.6 is 0 Å². The Hall–Kier alpha value is -1.72. The van der Waals surface area contributed by atoms with Crippen LogP contribution in [0.1, 0.15) is 67.2 Å². The summed E-state index contributed by atoms with van der Waals surface area (Å²) in [6.07, 6.45) is 2.91. The third-order valence-electron chi connectivity index (χ3n) is 3.55. The van der Waals surface area contributed by atoms with Crippen LogP contribution < -0.4 is 11.5 Å². The fourth-order valence-corrected chi connectivity index (χ4v) is 2.26. The minimum Gasteiger partial charge on any atom is -0.369 e. The molecule has 4 unspecified atom stereocenters. The van der Waals surface area contributed by atoms with Gasteiger partial charge in [-0.1, -0.05) is 41.5 Å². The molecule has 4 N–H and O–H groups in total. The Kier molecular flexibility index (Phi) is 19.9. The normalized spacial score (nSPS) is 14.4. The largest absolute Gasteiger partial charge is 0.369 e. The molecule has 0 aliphatic heterocycles. The van der Waals surface area contributed by atoms with Crippen molar-refractivity contribution < 1.29 is 19.2 Å². The van der Waals surface area contributed by atoms with Crippen LogP contribution in [0.3, 0.4) is 0 Å². The van der Waals surface area contributed by atoms with Crippen LogP contribution in [-0.2, 0) is 19.2 Å². The lowest BCUT2D eigenvalue weighted by Gasteiger charge is -2.21. The van der Waals surface area contributed by atoms with Gasteiger partial charge in [-0.05, 0) is 25.7 Å². The molecular weight excluding hydrogens is 308 g/mol. The molecule has 0 radical (unpaired) electrons. The Bertz CT molecular complexity index is 359. The van der Waals surface area contributed by atoms with Gasteiger partial charge in [0, 0.05) is 23.7 Å². The molecular formula is C18H36N2O4. The molecule has 0 fully saturated rings. The SMILES string of the molecule is CC.CC.CCC(CC(C=O)CC(CC(C)C=O)C(N)=O)C(N)=O. The molecule has 0 spiro atoms. The maximum atomic E-state index is 11.4. The highest BCUT2D eigenvalue weighted by atomic mass is 16.1. The number of aldehydes is 2. The summed E-state index contributed by atoms with van der Waals surface area (Å²) in [5.41, 5.74) is 10.6. The third-order valence-corrected chi connectivity index (χ3v) is 3.55. The van der Waals surface area contributed by atoms with Crippen LogP contribution in [0.2, 0.25) is 0 Å². The molecule has 24 heavy (non-hydrogen) atoms. The maximum Gasteiger partial charge on any atom is 0.220 e. The smallest absolute Gasteiger partial charge is 0.220 e. The first-order valence-corrected chi connectivity index (χ1v) is 8.84. The fraction of sp³-hybridized carbons (Fsp3) is 0.778. The molecule has 0 aromatic rings. The molecule has 0 aromatic heterocycles. The van der Waals surface area contributed by atoms with E-state index in [1.165, 1.54) is 0 Å². The predicted molar refractivity (Wildman–Crippen MR) is 97.0 cm³/mol. The second kappa shape index (κ2) is 17.6. The van der Waals surface area contributed by atoms with Crippen molar-refractivity contribution in [3.63, 3.8) is 0 Å². The lowest BCUT2D eigenvalue weighted by atomic mass is 9.83. The van der Waals surface area contributed by atoms with E-state index >= 15 is 0 Å². The van der Waals surface area contributed by atoms with Crippen LogP contribution in [0.5, 0.6) is 0 Å². The zero-order valence-corrected chi connectivity index (χ0v) is 16.1. The Labute approximate surface area is 146 Å². The van der Waals surface area contributed by atoms with Crippen LogP contribution in [0.4, 0.5) is 0 Å². The van der Waals surface area contributed by atoms with Crippen molar-refractivity contribution in [3.05, 3.63) is 0 Å². The van der Waals surface area contributed by atoms with E-state index in [1.54, 1.807) is 6.92 Å². The van der Waals surface area contributed by atoms with E-state index in [-0.39, 0.29) is 18.3 Å². The van der Waals surface area contributed by atoms with E-state index in [2.05, 4.69) is 0 Å². The fourth-order valence-electron chi connectivity index (χ4n) is 2.26. The lowest BCUT2D eigenvalue weighted by molar-refractivity contribution is -0.124. The van der Waals surface area contributed by atoms with Gasteiger partial charge < -0.3 is 21.1 Å². The lowest BCUT2D eigenvalue weighted by Crippen LogP contribution is -2.30. The minimum absolute atomic E-state index is 0.251. The van der Waals surface area contributed by atoms with E-state index in [9.17, 15) is 19.2 Å². The molecule has 0 aliphatic rings. The minimum atomic E-state index is -0.546. The molecule has 142 valence electrons. The summed E-state index contributed by atoms with van der Waals surface area (Å²) in [6, 6.07) is 0. The molecule has 0 heterocycles. The number of carbonyl (C=O) groups excluding carboxylic acids is 4. The number of primary amides is 2. The van der Waals surface area contributed by atoms with E-state index < -0.39 is 23.7 Å². The van der Waals surface area contributed by atoms with Gasteiger partial charge in [0.25, 0.3) is 0 Å². The standard InChI is InChI=1S/C14H24N2O4.2C2H6/c1-3-11(13(15)19)5-10(8-18)6-12(14(16)20)4-9(2)7-17;2*1-2/h7-12H,3-6H2,1-2H3,(H2,15,19)(H2,16,20);2*1-2H3. The van der Waals surface area contributed by atoms with Gasteiger partial charge >= 0.3 is 0 Å². The Balaban J connectivity index is -0.00000102. The van der Waals surface area contributed by atoms with Crippen LogP contribution in [0, 0.1) is 23.7 Å². The first-order chi connectivity index (χ1) is 11.3. The predicted octanol–water partition coefficient (Wildman–Crippen LogP) is 2.47. The molecule has 6 nitrogen and oxygen atoms in total. The van der Waals surface area contributed by atoms with Crippen molar-refractivity contribution in [1.29, 1.82) is 0 Å². The zero-order chi connectivity index (χ0) is 19.7. The van der Waals surface area contributed by atoms with Crippen LogP contribution in [0.25, 0.3) is 0 Å². The summed E-state index contributed by atoms with van der Waals surface area (Å²) >= 11 is 0. The van der Waals surface area contributed by atoms with E-state index in [0.717, 1.165) is 12.6 Å². The van der Waals surface area contributed by atoms with Crippen molar-refractivity contribution in [2.24, 2.45) is 35.1 Å². The molecule has 0 saturated heterocycles. The molecule has 6 heteroatoms. The van der Waals surface area contributed by atoms with Crippen LogP contribution in [-0.4, -0.2) is 24.4 Å². The number of amides is 2. The highest BCUT2D eigenvalue weighted by Gasteiger charge is 2.26. The highest BCUT2D eigenvalue weighted by Crippen LogP contribution is 2.24. The maximum absolute atomic E-state index is 11.4. The first-order valence-electron chi connectivity index (χ1n) is 8.84. The third kappa shape index (κ3) is 12.8. The second-order valence-corrected chi connectivity index (χ2v) is 5.32. The van der Waals surface area contributed by atoms with Gasteiger partial charge in [0.15, 0.2) is 0 Å². The number of hydrogen-bond acceptors (Lipinski definition) is 4. The van der Waals surface area contributed by atoms with Gasteiger partial charge in [0.05, 0.1) is 0 Å². The van der Waals surface area contributed by atoms with Gasteiger partial charge in [-0.15, -0.1) is 0 Å². The van der Waals surface area contributed by atoms with Gasteiger partial charge in [-0.2, -0.15) is 0 Å². The Morgan fingerprint density at radius 1 is 0.833 bits per heavy atom. The van der Waals surface area contributed by atoms with Crippen molar-refractivity contribution >= 4 is 24.4 Å². The number of hydrogen-bond donors (Lipinski definition) is 2. The molecule has 0 rings (SSSR count). The highest BCUT2D eigenvalue weighted by molar-refractivity contribution is 5.78. The summed E-state index contributed by atoms with van der Waals surface area (Å²) in [7, 11) is 0. The number of carbonyl (C=O) groups is 4. The molecule has 2 amide bonds. The average molecular weight is 344 g/mol. The summed E-state index contributed by atoms with van der Waals surface area (Å²) < 4.78 is 0. The first kappa shape index (κ1) is 27.1. The number of rotatable bonds is 11. The van der Waals surface area contributed by atoms with Crippen molar-refractivity contribution in [1.82, 2.24) is 0 Å². The Morgan fingerprint density at radius 2 is 1.25 bits per heavy atom. The van der Waals surface area contributed by atoms with Crippen LogP contribution in [0.15, 0.2) is 0 Å². The van der Waals surface area contributed by atoms with Crippen molar-refractivity contribution in [2.45, 2.75) is 67.2 Å². The van der Waals surface area contributed by atoms with E-state index in [1.807, 2.05) is 34.6 Å².